The Balaban J connectivity index is 1.63. The van der Waals surface area contributed by atoms with E-state index in [1.807, 2.05) is 35.2 Å². The summed E-state index contributed by atoms with van der Waals surface area (Å²) < 4.78 is 0. The summed E-state index contributed by atoms with van der Waals surface area (Å²) in [7, 11) is 0. The van der Waals surface area contributed by atoms with Crippen molar-refractivity contribution in [1.29, 1.82) is 0 Å². The maximum absolute atomic E-state index is 13.4. The number of rotatable bonds is 3. The van der Waals surface area contributed by atoms with Gasteiger partial charge in [-0.05, 0) is 50.7 Å². The van der Waals surface area contributed by atoms with E-state index in [0.29, 0.717) is 25.0 Å². The lowest BCUT2D eigenvalue weighted by Crippen LogP contribution is -2.59. The Labute approximate surface area is 154 Å². The summed E-state index contributed by atoms with van der Waals surface area (Å²) in [5.74, 6) is -0.897. The van der Waals surface area contributed by atoms with Gasteiger partial charge < -0.3 is 15.3 Å². The second-order valence-corrected chi connectivity index (χ2v) is 7.79. The zero-order valence-corrected chi connectivity index (χ0v) is 15.0. The van der Waals surface area contributed by atoms with E-state index in [1.165, 1.54) is 6.42 Å². The first kappa shape index (κ1) is 17.3. The minimum absolute atomic E-state index is 0.122. The number of aliphatic carboxylic acids is 1. The number of likely N-dealkylation sites (tertiary alicyclic amines) is 1. The Bertz CT molecular complexity index is 654. The standard InChI is InChI=1S/C20H27N3O3/c24-19(25)18-10-5-11-22(18)20(26)23(16-8-2-1-3-9-16)17-12-14-6-4-7-15(13-17)21-14/h1-3,8-9,14-15,17-18,21H,4-7,10-13H2,(H,24,25)/t14-,15+,17?,18-/m1/s1. The van der Waals surface area contributed by atoms with Crippen LogP contribution in [0.25, 0.3) is 0 Å². The van der Waals surface area contributed by atoms with E-state index in [0.717, 1.165) is 37.8 Å². The Kier molecular flexibility index (Phi) is 4.85. The lowest BCUT2D eigenvalue weighted by molar-refractivity contribution is -0.141. The van der Waals surface area contributed by atoms with Crippen LogP contribution in [0.3, 0.4) is 0 Å². The number of fused-ring (bicyclic) bond motifs is 2. The zero-order valence-electron chi connectivity index (χ0n) is 15.0. The van der Waals surface area contributed by atoms with Gasteiger partial charge in [-0.1, -0.05) is 24.6 Å². The van der Waals surface area contributed by atoms with Gasteiger partial charge in [-0.3, -0.25) is 4.90 Å². The molecule has 1 unspecified atom stereocenters. The van der Waals surface area contributed by atoms with E-state index in [4.69, 9.17) is 0 Å². The molecule has 3 aliphatic heterocycles. The lowest BCUT2D eigenvalue weighted by Gasteiger charge is -2.45. The van der Waals surface area contributed by atoms with E-state index in [9.17, 15) is 14.7 Å². The number of amides is 2. The molecule has 4 atom stereocenters. The summed E-state index contributed by atoms with van der Waals surface area (Å²) >= 11 is 0. The molecule has 6 heteroatoms. The topological polar surface area (TPSA) is 72.9 Å². The predicted octanol–water partition coefficient (Wildman–Crippen LogP) is 2.84. The van der Waals surface area contributed by atoms with Gasteiger partial charge in [0.1, 0.15) is 6.04 Å². The molecule has 0 spiro atoms. The molecular formula is C20H27N3O3. The number of nitrogens with zero attached hydrogens (tertiary/aromatic N) is 2. The van der Waals surface area contributed by atoms with Crippen LogP contribution in [0.1, 0.15) is 44.9 Å². The van der Waals surface area contributed by atoms with Crippen molar-refractivity contribution in [2.24, 2.45) is 0 Å². The fourth-order valence-electron chi connectivity index (χ4n) is 4.90. The van der Waals surface area contributed by atoms with E-state index in [1.54, 1.807) is 4.90 Å². The highest BCUT2D eigenvalue weighted by atomic mass is 16.4. The van der Waals surface area contributed by atoms with Gasteiger partial charge in [0.2, 0.25) is 0 Å². The minimum atomic E-state index is -0.897. The number of carboxylic acids is 1. The predicted molar refractivity (Wildman–Crippen MR) is 99.3 cm³/mol. The minimum Gasteiger partial charge on any atom is -0.480 e. The van der Waals surface area contributed by atoms with Crippen LogP contribution >= 0.6 is 0 Å². The van der Waals surface area contributed by atoms with Gasteiger partial charge in [0.05, 0.1) is 0 Å². The van der Waals surface area contributed by atoms with Crippen LogP contribution in [0, 0.1) is 0 Å². The summed E-state index contributed by atoms with van der Waals surface area (Å²) in [6.07, 6.45) is 6.73. The van der Waals surface area contributed by atoms with Crippen molar-refractivity contribution >= 4 is 17.7 Å². The molecule has 0 radical (unpaired) electrons. The number of hydrogen-bond donors (Lipinski definition) is 2. The van der Waals surface area contributed by atoms with Crippen molar-refractivity contribution in [3.8, 4) is 0 Å². The van der Waals surface area contributed by atoms with Crippen molar-refractivity contribution in [2.75, 3.05) is 11.4 Å². The highest BCUT2D eigenvalue weighted by Crippen LogP contribution is 2.33. The number of urea groups is 1. The van der Waals surface area contributed by atoms with Gasteiger partial charge in [-0.2, -0.15) is 0 Å². The molecule has 1 aromatic carbocycles. The van der Waals surface area contributed by atoms with Crippen LogP contribution in [0.4, 0.5) is 10.5 Å². The molecule has 140 valence electrons. The van der Waals surface area contributed by atoms with Crippen LogP contribution in [-0.4, -0.2) is 52.7 Å². The average Bonchev–Trinajstić information content (AvgIpc) is 3.13. The van der Waals surface area contributed by atoms with Crippen LogP contribution in [0.5, 0.6) is 0 Å². The molecule has 2 amide bonds. The first-order valence-corrected chi connectivity index (χ1v) is 9.77. The molecule has 3 aliphatic rings. The van der Waals surface area contributed by atoms with Crippen molar-refractivity contribution in [1.82, 2.24) is 10.2 Å². The Morgan fingerprint density at radius 2 is 1.73 bits per heavy atom. The maximum Gasteiger partial charge on any atom is 0.326 e. The third-order valence-electron chi connectivity index (χ3n) is 6.08. The smallest absolute Gasteiger partial charge is 0.326 e. The van der Waals surface area contributed by atoms with Gasteiger partial charge in [-0.15, -0.1) is 0 Å². The normalized spacial score (nSPS) is 30.8. The highest BCUT2D eigenvalue weighted by molar-refractivity contribution is 5.95. The number of carbonyl (C=O) groups is 2. The van der Waals surface area contributed by atoms with E-state index in [2.05, 4.69) is 5.32 Å². The Morgan fingerprint density at radius 3 is 2.38 bits per heavy atom. The number of anilines is 1. The van der Waals surface area contributed by atoms with Gasteiger partial charge >= 0.3 is 12.0 Å². The van der Waals surface area contributed by atoms with Gasteiger partial charge in [0, 0.05) is 30.4 Å². The van der Waals surface area contributed by atoms with Crippen LogP contribution < -0.4 is 10.2 Å². The number of carboxylic acid groups (broad SMARTS) is 1. The summed E-state index contributed by atoms with van der Waals surface area (Å²) in [6, 6.07) is 9.94. The molecule has 0 saturated carbocycles. The number of benzene rings is 1. The fourth-order valence-corrected chi connectivity index (χ4v) is 4.90. The van der Waals surface area contributed by atoms with E-state index >= 15 is 0 Å². The molecule has 2 N–H and O–H groups in total. The second kappa shape index (κ2) is 7.27. The summed E-state index contributed by atoms with van der Waals surface area (Å²) in [5, 5.41) is 13.2. The van der Waals surface area contributed by atoms with Crippen molar-refractivity contribution in [3.05, 3.63) is 30.3 Å². The average molecular weight is 357 g/mol. The Morgan fingerprint density at radius 1 is 1.04 bits per heavy atom. The summed E-state index contributed by atoms with van der Waals surface area (Å²) in [6.45, 7) is 0.525. The maximum atomic E-state index is 13.4. The summed E-state index contributed by atoms with van der Waals surface area (Å²) in [5.41, 5.74) is 0.874. The largest absolute Gasteiger partial charge is 0.480 e. The number of carbonyl (C=O) groups excluding carboxylic acids is 1. The molecule has 0 aliphatic carbocycles. The second-order valence-electron chi connectivity index (χ2n) is 7.79. The molecule has 26 heavy (non-hydrogen) atoms. The fraction of sp³-hybridized carbons (Fsp3) is 0.600. The molecule has 1 aromatic rings. The molecule has 4 rings (SSSR count). The molecule has 6 nitrogen and oxygen atoms in total. The molecule has 2 bridgehead atoms. The third-order valence-corrected chi connectivity index (χ3v) is 6.08. The van der Waals surface area contributed by atoms with Gasteiger partial charge in [0.15, 0.2) is 0 Å². The monoisotopic (exact) mass is 357 g/mol. The van der Waals surface area contributed by atoms with Crippen molar-refractivity contribution < 1.29 is 14.7 Å². The van der Waals surface area contributed by atoms with Crippen LogP contribution in [0.15, 0.2) is 30.3 Å². The molecule has 0 aromatic heterocycles. The third kappa shape index (κ3) is 3.30. The van der Waals surface area contributed by atoms with Gasteiger partial charge in [0.25, 0.3) is 0 Å². The SMILES string of the molecule is O=C(O)[C@H]1CCCN1C(=O)N(c1ccccc1)C1C[C@H]2CCC[C@@H](C1)N2. The zero-order chi connectivity index (χ0) is 18.1. The lowest BCUT2D eigenvalue weighted by atomic mass is 9.83. The molecule has 3 fully saturated rings. The number of nitrogens with one attached hydrogen (secondary N) is 1. The van der Waals surface area contributed by atoms with Crippen LogP contribution in [0.2, 0.25) is 0 Å². The van der Waals surface area contributed by atoms with Crippen molar-refractivity contribution in [3.63, 3.8) is 0 Å². The number of para-hydroxylation sites is 1. The first-order chi connectivity index (χ1) is 12.6. The quantitative estimate of drug-likeness (QED) is 0.872. The first-order valence-electron chi connectivity index (χ1n) is 9.77. The highest BCUT2D eigenvalue weighted by Gasteiger charge is 2.41. The Hall–Kier alpha value is -2.08. The van der Waals surface area contributed by atoms with Crippen molar-refractivity contribution in [2.45, 2.75) is 69.1 Å². The van der Waals surface area contributed by atoms with E-state index in [-0.39, 0.29) is 12.1 Å². The number of hydrogen-bond acceptors (Lipinski definition) is 3. The molecule has 3 saturated heterocycles. The van der Waals surface area contributed by atoms with Crippen LogP contribution in [-0.2, 0) is 4.79 Å². The number of piperidine rings is 2. The van der Waals surface area contributed by atoms with E-state index < -0.39 is 12.0 Å². The summed E-state index contributed by atoms with van der Waals surface area (Å²) in [4.78, 5) is 28.5. The molecule has 3 heterocycles. The van der Waals surface area contributed by atoms with Gasteiger partial charge in [-0.25, -0.2) is 9.59 Å². The molecular weight excluding hydrogens is 330 g/mol.